The van der Waals surface area contributed by atoms with Gasteiger partial charge in [-0.05, 0) is 49.5 Å². The van der Waals surface area contributed by atoms with Crippen LogP contribution in [0.2, 0.25) is 0 Å². The lowest BCUT2D eigenvalue weighted by Gasteiger charge is -2.43. The highest BCUT2D eigenvalue weighted by Gasteiger charge is 2.50. The summed E-state index contributed by atoms with van der Waals surface area (Å²) in [6, 6.07) is 3.66. The van der Waals surface area contributed by atoms with E-state index in [4.69, 9.17) is 4.42 Å². The summed E-state index contributed by atoms with van der Waals surface area (Å²) in [5, 5.41) is 0. The topological polar surface area (TPSA) is 47.3 Å². The number of hydrogen-bond acceptors (Lipinski definition) is 3. The van der Waals surface area contributed by atoms with Gasteiger partial charge in [0.25, 0.3) is 0 Å². The van der Waals surface area contributed by atoms with Crippen molar-refractivity contribution >= 4 is 17.6 Å². The third kappa shape index (κ3) is 1.97. The molecule has 2 saturated carbocycles. The van der Waals surface area contributed by atoms with Crippen LogP contribution in [0.4, 0.5) is 0 Å². The summed E-state index contributed by atoms with van der Waals surface area (Å²) in [6.07, 6.45) is 7.24. The summed E-state index contributed by atoms with van der Waals surface area (Å²) >= 11 is 0. The number of ketones is 2. The Hall–Kier alpha value is -1.64. The molecule has 3 nitrogen and oxygen atoms in total. The summed E-state index contributed by atoms with van der Waals surface area (Å²) < 4.78 is 5.28. The van der Waals surface area contributed by atoms with Crippen LogP contribution < -0.4 is 0 Å². The van der Waals surface area contributed by atoms with Gasteiger partial charge in [0.1, 0.15) is 11.5 Å². The predicted molar refractivity (Wildman–Crippen MR) is 71.4 cm³/mol. The molecule has 0 spiro atoms. The minimum Gasteiger partial charge on any atom is -0.465 e. The average molecular weight is 258 g/mol. The largest absolute Gasteiger partial charge is 0.465 e. The van der Waals surface area contributed by atoms with Crippen molar-refractivity contribution in [2.45, 2.75) is 39.0 Å². The monoisotopic (exact) mass is 258 g/mol. The molecule has 1 aromatic rings. The first-order valence-corrected chi connectivity index (χ1v) is 6.93. The van der Waals surface area contributed by atoms with E-state index in [1.54, 1.807) is 6.26 Å². The Kier molecular flexibility index (Phi) is 2.92. The van der Waals surface area contributed by atoms with Crippen molar-refractivity contribution in [3.63, 3.8) is 0 Å². The molecular formula is C16H18O3. The van der Waals surface area contributed by atoms with Crippen LogP contribution in [0, 0.1) is 11.3 Å². The number of carbonyl (C=O) groups is 2. The first kappa shape index (κ1) is 12.4. The van der Waals surface area contributed by atoms with E-state index in [2.05, 4.69) is 0 Å². The van der Waals surface area contributed by atoms with E-state index in [0.717, 1.165) is 24.8 Å². The fourth-order valence-electron chi connectivity index (χ4n) is 3.55. The van der Waals surface area contributed by atoms with E-state index in [9.17, 15) is 9.59 Å². The van der Waals surface area contributed by atoms with E-state index in [-0.39, 0.29) is 17.5 Å². The molecule has 2 aliphatic carbocycles. The number of furan rings is 1. The molecule has 0 unspecified atom stereocenters. The van der Waals surface area contributed by atoms with Crippen LogP contribution in [0.3, 0.4) is 0 Å². The highest BCUT2D eigenvalue weighted by Crippen LogP contribution is 2.48. The van der Waals surface area contributed by atoms with E-state index in [0.29, 0.717) is 18.6 Å². The molecule has 0 N–H and O–H groups in total. The Morgan fingerprint density at radius 3 is 2.95 bits per heavy atom. The maximum absolute atomic E-state index is 12.7. The summed E-state index contributed by atoms with van der Waals surface area (Å²) in [7, 11) is 0. The van der Waals surface area contributed by atoms with Crippen LogP contribution in [0.25, 0.3) is 6.08 Å². The predicted octanol–water partition coefficient (Wildman–Crippen LogP) is 3.40. The molecule has 2 aliphatic rings. The van der Waals surface area contributed by atoms with Gasteiger partial charge in [-0.25, -0.2) is 0 Å². The Morgan fingerprint density at radius 1 is 1.37 bits per heavy atom. The maximum Gasteiger partial charge on any atom is 0.165 e. The number of allylic oxidation sites excluding steroid dienone is 1. The molecule has 1 heterocycles. The van der Waals surface area contributed by atoms with Crippen molar-refractivity contribution in [2.24, 2.45) is 11.3 Å². The lowest BCUT2D eigenvalue weighted by molar-refractivity contribution is -0.142. The van der Waals surface area contributed by atoms with Crippen molar-refractivity contribution in [1.29, 1.82) is 0 Å². The summed E-state index contributed by atoms with van der Waals surface area (Å²) in [6.45, 7) is 1.96. The highest BCUT2D eigenvalue weighted by atomic mass is 16.3. The van der Waals surface area contributed by atoms with Crippen molar-refractivity contribution < 1.29 is 14.0 Å². The van der Waals surface area contributed by atoms with Crippen molar-refractivity contribution in [1.82, 2.24) is 0 Å². The van der Waals surface area contributed by atoms with Crippen LogP contribution in [0.1, 0.15) is 44.8 Å². The summed E-state index contributed by atoms with van der Waals surface area (Å²) in [4.78, 5) is 24.7. The molecule has 2 fully saturated rings. The Balaban J connectivity index is 1.93. The van der Waals surface area contributed by atoms with Crippen LogP contribution in [0.5, 0.6) is 0 Å². The zero-order chi connectivity index (χ0) is 13.5. The van der Waals surface area contributed by atoms with Gasteiger partial charge in [-0.2, -0.15) is 0 Å². The quantitative estimate of drug-likeness (QED) is 0.725. The third-order valence-corrected chi connectivity index (χ3v) is 4.65. The molecule has 0 aliphatic heterocycles. The maximum atomic E-state index is 12.7. The van der Waals surface area contributed by atoms with Gasteiger partial charge in [0.15, 0.2) is 5.78 Å². The number of hydrogen-bond donors (Lipinski definition) is 0. The Bertz CT molecular complexity index is 538. The second-order valence-corrected chi connectivity index (χ2v) is 5.84. The molecule has 2 atom stereocenters. The van der Waals surface area contributed by atoms with Crippen LogP contribution in [-0.2, 0) is 9.59 Å². The molecule has 0 aromatic carbocycles. The SMILES string of the molecule is C[C@@]12CCCC(=O)[C@@H]1CC/C(=C\c1ccco1)C2=O. The molecule has 0 saturated heterocycles. The zero-order valence-corrected chi connectivity index (χ0v) is 11.1. The minimum atomic E-state index is -0.480. The van der Waals surface area contributed by atoms with Crippen LogP contribution in [-0.4, -0.2) is 11.6 Å². The number of Topliss-reactive ketones (excluding diaryl/α,β-unsaturated/α-hetero) is 2. The molecule has 0 radical (unpaired) electrons. The van der Waals surface area contributed by atoms with Gasteiger partial charge >= 0.3 is 0 Å². The van der Waals surface area contributed by atoms with E-state index in [1.807, 2.05) is 25.1 Å². The van der Waals surface area contributed by atoms with Crippen LogP contribution >= 0.6 is 0 Å². The third-order valence-electron chi connectivity index (χ3n) is 4.65. The van der Waals surface area contributed by atoms with Gasteiger partial charge in [0, 0.05) is 17.8 Å². The van der Waals surface area contributed by atoms with Gasteiger partial charge in [0.2, 0.25) is 0 Å². The van der Waals surface area contributed by atoms with Crippen molar-refractivity contribution in [3.8, 4) is 0 Å². The van der Waals surface area contributed by atoms with E-state index in [1.165, 1.54) is 0 Å². The first-order valence-electron chi connectivity index (χ1n) is 6.93. The van der Waals surface area contributed by atoms with Gasteiger partial charge in [-0.1, -0.05) is 6.92 Å². The molecule has 3 rings (SSSR count). The molecule has 3 heteroatoms. The molecule has 100 valence electrons. The summed E-state index contributed by atoms with van der Waals surface area (Å²) in [5.41, 5.74) is 0.329. The van der Waals surface area contributed by atoms with Gasteiger partial charge in [-0.3, -0.25) is 9.59 Å². The van der Waals surface area contributed by atoms with E-state index < -0.39 is 5.41 Å². The van der Waals surface area contributed by atoms with Crippen molar-refractivity contribution in [3.05, 3.63) is 29.7 Å². The second kappa shape index (κ2) is 4.48. The standard InChI is InChI=1S/C16H18O3/c1-16-8-2-5-14(17)13(16)7-6-11(15(16)18)10-12-4-3-9-19-12/h3-4,9-10,13H,2,5-8H2,1H3/b11-10+/t13-,16+/m0/s1. The van der Waals surface area contributed by atoms with E-state index >= 15 is 0 Å². The molecule has 1 aromatic heterocycles. The van der Waals surface area contributed by atoms with Gasteiger partial charge in [-0.15, -0.1) is 0 Å². The lowest BCUT2D eigenvalue weighted by atomic mass is 9.58. The van der Waals surface area contributed by atoms with Gasteiger partial charge < -0.3 is 4.42 Å². The fraction of sp³-hybridized carbons (Fsp3) is 0.500. The molecular weight excluding hydrogens is 240 g/mol. The van der Waals surface area contributed by atoms with Gasteiger partial charge in [0.05, 0.1) is 6.26 Å². The smallest absolute Gasteiger partial charge is 0.165 e. The molecule has 19 heavy (non-hydrogen) atoms. The zero-order valence-electron chi connectivity index (χ0n) is 11.1. The van der Waals surface area contributed by atoms with Crippen LogP contribution in [0.15, 0.2) is 28.4 Å². The lowest BCUT2D eigenvalue weighted by Crippen LogP contribution is -2.46. The number of fused-ring (bicyclic) bond motifs is 1. The Labute approximate surface area is 112 Å². The highest BCUT2D eigenvalue weighted by molar-refractivity contribution is 6.07. The normalized spacial score (nSPS) is 33.5. The molecule has 0 bridgehead atoms. The summed E-state index contributed by atoms with van der Waals surface area (Å²) in [5.74, 6) is 1.07. The second-order valence-electron chi connectivity index (χ2n) is 5.84. The Morgan fingerprint density at radius 2 is 2.21 bits per heavy atom. The first-order chi connectivity index (χ1) is 9.11. The average Bonchev–Trinajstić information content (AvgIpc) is 2.87. The number of rotatable bonds is 1. The molecule has 0 amide bonds. The minimum absolute atomic E-state index is 0.0671. The number of carbonyl (C=O) groups excluding carboxylic acids is 2. The van der Waals surface area contributed by atoms with Crippen molar-refractivity contribution in [2.75, 3.05) is 0 Å². The fourth-order valence-corrected chi connectivity index (χ4v) is 3.55.